The molecule has 2 heterocycles. The van der Waals surface area contributed by atoms with Crippen molar-refractivity contribution < 1.29 is 0 Å². The van der Waals surface area contributed by atoms with E-state index in [1.54, 1.807) is 29.1 Å². The highest BCUT2D eigenvalue weighted by molar-refractivity contribution is 5.78. The Balaban J connectivity index is 1.68. The van der Waals surface area contributed by atoms with Crippen molar-refractivity contribution >= 4 is 21.8 Å². The first-order valence-electron chi connectivity index (χ1n) is 8.05. The summed E-state index contributed by atoms with van der Waals surface area (Å²) in [6, 6.07) is 12.8. The minimum Gasteiger partial charge on any atom is -0.310 e. The molecule has 6 nitrogen and oxygen atoms in total. The molecule has 4 rings (SSSR count). The van der Waals surface area contributed by atoms with Crippen molar-refractivity contribution in [2.24, 2.45) is 0 Å². The van der Waals surface area contributed by atoms with Crippen molar-refractivity contribution in [1.29, 1.82) is 0 Å². The van der Waals surface area contributed by atoms with Gasteiger partial charge in [-0.2, -0.15) is 0 Å². The highest BCUT2D eigenvalue weighted by Gasteiger charge is 2.07. The molecule has 124 valence electrons. The van der Waals surface area contributed by atoms with Crippen LogP contribution in [0.5, 0.6) is 0 Å². The Hall–Kier alpha value is -3.28. The largest absolute Gasteiger partial charge is 0.310 e. The molecule has 0 bridgehead atoms. The van der Waals surface area contributed by atoms with E-state index in [0.29, 0.717) is 40.6 Å². The Morgan fingerprint density at radius 2 is 1.88 bits per heavy atom. The van der Waals surface area contributed by atoms with Crippen LogP contribution in [0.15, 0.2) is 58.4 Å². The van der Waals surface area contributed by atoms with Crippen LogP contribution >= 0.6 is 0 Å². The number of aromatic amines is 1. The van der Waals surface area contributed by atoms with Crippen molar-refractivity contribution in [3.8, 4) is 0 Å². The number of rotatable bonds is 3. The van der Waals surface area contributed by atoms with Crippen LogP contribution in [0.4, 0.5) is 0 Å². The average molecular weight is 332 g/mol. The zero-order valence-electron chi connectivity index (χ0n) is 13.7. The lowest BCUT2D eigenvalue weighted by Crippen LogP contribution is -2.23. The Labute approximate surface area is 142 Å². The summed E-state index contributed by atoms with van der Waals surface area (Å²) in [5.41, 5.74) is 2.10. The molecule has 2 aromatic carbocycles. The predicted molar refractivity (Wildman–Crippen MR) is 96.8 cm³/mol. The van der Waals surface area contributed by atoms with Crippen molar-refractivity contribution in [2.75, 3.05) is 0 Å². The molecule has 0 saturated carbocycles. The molecular weight excluding hydrogens is 316 g/mol. The van der Waals surface area contributed by atoms with Crippen LogP contribution in [0.25, 0.3) is 21.8 Å². The smallest absolute Gasteiger partial charge is 0.261 e. The first-order chi connectivity index (χ1) is 12.1. The predicted octanol–water partition coefficient (Wildman–Crippen LogP) is 2.18. The number of hydrogen-bond donors (Lipinski definition) is 1. The van der Waals surface area contributed by atoms with Gasteiger partial charge in [0.15, 0.2) is 0 Å². The molecule has 0 aliphatic rings. The second-order valence-electron chi connectivity index (χ2n) is 6.04. The zero-order chi connectivity index (χ0) is 17.4. The number of nitrogens with one attached hydrogen (secondary N) is 1. The molecule has 0 aliphatic carbocycles. The first kappa shape index (κ1) is 15.3. The van der Waals surface area contributed by atoms with Gasteiger partial charge in [-0.15, -0.1) is 0 Å². The van der Waals surface area contributed by atoms with Crippen LogP contribution < -0.4 is 11.1 Å². The lowest BCUT2D eigenvalue weighted by atomic mass is 10.2. The van der Waals surface area contributed by atoms with E-state index in [9.17, 15) is 9.59 Å². The molecule has 0 amide bonds. The minimum atomic E-state index is -0.166. The van der Waals surface area contributed by atoms with Gasteiger partial charge in [-0.3, -0.25) is 14.2 Å². The Kier molecular flexibility index (Phi) is 3.65. The van der Waals surface area contributed by atoms with E-state index < -0.39 is 0 Å². The van der Waals surface area contributed by atoms with Gasteiger partial charge in [0.05, 0.1) is 28.1 Å². The zero-order valence-corrected chi connectivity index (χ0v) is 13.7. The first-order valence-corrected chi connectivity index (χ1v) is 8.05. The maximum atomic E-state index is 12.6. The van der Waals surface area contributed by atoms with Crippen molar-refractivity contribution in [3.05, 3.63) is 80.9 Å². The molecule has 0 fully saturated rings. The van der Waals surface area contributed by atoms with E-state index in [0.717, 1.165) is 5.56 Å². The van der Waals surface area contributed by atoms with Gasteiger partial charge < -0.3 is 4.98 Å². The van der Waals surface area contributed by atoms with E-state index in [-0.39, 0.29) is 11.1 Å². The van der Waals surface area contributed by atoms with E-state index in [1.807, 2.05) is 31.2 Å². The topological polar surface area (TPSA) is 80.6 Å². The van der Waals surface area contributed by atoms with Gasteiger partial charge in [-0.05, 0) is 31.2 Å². The average Bonchev–Trinajstić information content (AvgIpc) is 2.62. The van der Waals surface area contributed by atoms with Crippen molar-refractivity contribution in [3.63, 3.8) is 0 Å². The fourth-order valence-electron chi connectivity index (χ4n) is 2.91. The highest BCUT2D eigenvalue weighted by Crippen LogP contribution is 2.09. The third-order valence-corrected chi connectivity index (χ3v) is 4.23. The van der Waals surface area contributed by atoms with Gasteiger partial charge in [-0.25, -0.2) is 9.97 Å². The van der Waals surface area contributed by atoms with Gasteiger partial charge in [0, 0.05) is 13.0 Å². The third kappa shape index (κ3) is 2.82. The fraction of sp³-hybridized carbons (Fsp3) is 0.158. The summed E-state index contributed by atoms with van der Waals surface area (Å²) in [6.45, 7) is 2.34. The summed E-state index contributed by atoms with van der Waals surface area (Å²) >= 11 is 0. The number of aromatic nitrogens is 4. The monoisotopic (exact) mass is 332 g/mol. The molecule has 0 radical (unpaired) electrons. The van der Waals surface area contributed by atoms with Gasteiger partial charge in [0.1, 0.15) is 5.82 Å². The van der Waals surface area contributed by atoms with Crippen LogP contribution in [-0.2, 0) is 13.0 Å². The number of nitrogens with zero attached hydrogens (tertiary/aromatic N) is 3. The molecule has 6 heteroatoms. The summed E-state index contributed by atoms with van der Waals surface area (Å²) in [7, 11) is 0. The van der Waals surface area contributed by atoms with E-state index in [1.165, 1.54) is 0 Å². The van der Waals surface area contributed by atoms with Crippen LogP contribution in [0.3, 0.4) is 0 Å². The van der Waals surface area contributed by atoms with Gasteiger partial charge in [0.2, 0.25) is 0 Å². The molecule has 1 N–H and O–H groups in total. The molecule has 4 aromatic rings. The van der Waals surface area contributed by atoms with Crippen molar-refractivity contribution in [2.45, 2.75) is 19.9 Å². The number of hydrogen-bond acceptors (Lipinski definition) is 4. The molecule has 2 aromatic heterocycles. The normalized spacial score (nSPS) is 11.2. The standard InChI is InChI=1S/C19H16N4O2/c1-12-6-7-15-14(10-12)19(25)23(11-20-15)9-8-17-21-16-5-3-2-4-13(16)18(24)22-17/h2-7,10-11H,8-9H2,1H3,(H,21,22,24). The number of para-hydroxylation sites is 1. The third-order valence-electron chi connectivity index (χ3n) is 4.23. The van der Waals surface area contributed by atoms with E-state index in [4.69, 9.17) is 0 Å². The lowest BCUT2D eigenvalue weighted by molar-refractivity contribution is 0.643. The van der Waals surface area contributed by atoms with Crippen LogP contribution in [0.1, 0.15) is 11.4 Å². The van der Waals surface area contributed by atoms with E-state index >= 15 is 0 Å². The molecule has 0 unspecified atom stereocenters. The summed E-state index contributed by atoms with van der Waals surface area (Å²) < 4.78 is 1.55. The van der Waals surface area contributed by atoms with Crippen LogP contribution in [-0.4, -0.2) is 19.5 Å². The minimum absolute atomic E-state index is 0.0863. The maximum absolute atomic E-state index is 12.6. The van der Waals surface area contributed by atoms with Gasteiger partial charge >= 0.3 is 0 Å². The van der Waals surface area contributed by atoms with Crippen LogP contribution in [0.2, 0.25) is 0 Å². The highest BCUT2D eigenvalue weighted by atomic mass is 16.1. The van der Waals surface area contributed by atoms with Crippen molar-refractivity contribution in [1.82, 2.24) is 19.5 Å². The SMILES string of the molecule is Cc1ccc2ncn(CCc3nc4ccccc4c(=O)[nH]3)c(=O)c2c1. The Morgan fingerprint density at radius 3 is 2.76 bits per heavy atom. The molecule has 0 saturated heterocycles. The number of aryl methyl sites for hydroxylation is 3. The molecular formula is C19H16N4O2. The summed E-state index contributed by atoms with van der Waals surface area (Å²) in [6.07, 6.45) is 1.98. The van der Waals surface area contributed by atoms with E-state index in [2.05, 4.69) is 15.0 Å². The number of H-pyrrole nitrogens is 1. The fourth-order valence-corrected chi connectivity index (χ4v) is 2.91. The second kappa shape index (κ2) is 5.98. The number of fused-ring (bicyclic) bond motifs is 2. The van der Waals surface area contributed by atoms with Gasteiger partial charge in [-0.1, -0.05) is 23.8 Å². The van der Waals surface area contributed by atoms with Gasteiger partial charge in [0.25, 0.3) is 11.1 Å². The Morgan fingerprint density at radius 1 is 1.04 bits per heavy atom. The molecule has 0 aliphatic heterocycles. The maximum Gasteiger partial charge on any atom is 0.261 e. The lowest BCUT2D eigenvalue weighted by Gasteiger charge is -2.07. The quantitative estimate of drug-likeness (QED) is 0.623. The number of benzene rings is 2. The molecule has 25 heavy (non-hydrogen) atoms. The summed E-state index contributed by atoms with van der Waals surface area (Å²) in [5.74, 6) is 0.555. The second-order valence-corrected chi connectivity index (χ2v) is 6.04. The summed E-state index contributed by atoms with van der Waals surface area (Å²) in [5, 5.41) is 1.16. The summed E-state index contributed by atoms with van der Waals surface area (Å²) in [4.78, 5) is 36.3. The molecule has 0 spiro atoms. The molecule has 0 atom stereocenters. The van der Waals surface area contributed by atoms with Crippen LogP contribution in [0, 0.1) is 6.92 Å². The Bertz CT molecular complexity index is 1210.